The summed E-state index contributed by atoms with van der Waals surface area (Å²) in [5, 5.41) is 11.7. The molecule has 0 atom stereocenters. The fourth-order valence-electron chi connectivity index (χ4n) is 7.69. The summed E-state index contributed by atoms with van der Waals surface area (Å²) in [6.07, 6.45) is 2.22. The van der Waals surface area contributed by atoms with Gasteiger partial charge in [-0.25, -0.2) is 4.79 Å². The molecular formula is C61H111N3O30. The number of carbonyl (C=O) groups is 5. The third-order valence-electron chi connectivity index (χ3n) is 12.6. The Morgan fingerprint density at radius 2 is 0.585 bits per heavy atom. The molecule has 0 aromatic heterocycles. The van der Waals surface area contributed by atoms with Gasteiger partial charge in [-0.2, -0.15) is 0 Å². The number of ether oxygens (including phenoxy) is 24. The summed E-state index contributed by atoms with van der Waals surface area (Å²) < 4.78 is 131. The lowest BCUT2D eigenvalue weighted by Crippen LogP contribution is -2.69. The predicted molar refractivity (Wildman–Crippen MR) is 331 cm³/mol. The number of imide groups is 1. The van der Waals surface area contributed by atoms with Crippen LogP contribution in [0.3, 0.4) is 0 Å². The van der Waals surface area contributed by atoms with E-state index in [2.05, 4.69) is 5.32 Å². The van der Waals surface area contributed by atoms with Gasteiger partial charge in [0.05, 0.1) is 323 Å². The minimum absolute atomic E-state index is 0.0474. The summed E-state index contributed by atoms with van der Waals surface area (Å²) >= 11 is 0. The molecule has 2 N–H and O–H groups in total. The Morgan fingerprint density at radius 1 is 0.362 bits per heavy atom. The molecule has 0 aromatic carbocycles. The highest BCUT2D eigenvalue weighted by Crippen LogP contribution is 2.26. The van der Waals surface area contributed by atoms with Crippen molar-refractivity contribution in [1.29, 1.82) is 0 Å². The van der Waals surface area contributed by atoms with Crippen molar-refractivity contribution in [3.05, 3.63) is 12.2 Å². The number of aliphatic carboxylic acids is 1. The zero-order valence-electron chi connectivity index (χ0n) is 55.6. The van der Waals surface area contributed by atoms with Crippen LogP contribution in [0.2, 0.25) is 0 Å². The summed E-state index contributed by atoms with van der Waals surface area (Å²) in [5.74, 6) is -2.84. The van der Waals surface area contributed by atoms with Crippen molar-refractivity contribution in [1.82, 2.24) is 15.1 Å². The Kier molecular flexibility index (Phi) is 61.2. The lowest BCUT2D eigenvalue weighted by molar-refractivity contribution is -0.177. The number of amides is 4. The van der Waals surface area contributed by atoms with E-state index < -0.39 is 35.9 Å². The maximum absolute atomic E-state index is 12.7. The first-order chi connectivity index (χ1) is 46.3. The van der Waals surface area contributed by atoms with Crippen molar-refractivity contribution in [2.24, 2.45) is 0 Å². The Labute approximate surface area is 553 Å². The van der Waals surface area contributed by atoms with Gasteiger partial charge in [-0.15, -0.1) is 0 Å². The van der Waals surface area contributed by atoms with E-state index in [-0.39, 0.29) is 58.1 Å². The first-order valence-corrected chi connectivity index (χ1v) is 32.4. The molecule has 94 heavy (non-hydrogen) atoms. The molecule has 33 nitrogen and oxygen atoms in total. The molecule has 0 bridgehead atoms. The smallest absolute Gasteiger partial charge is 0.329 e. The molecule has 0 aliphatic carbocycles. The fourth-order valence-corrected chi connectivity index (χ4v) is 7.69. The highest BCUT2D eigenvalue weighted by Gasteiger charge is 2.47. The summed E-state index contributed by atoms with van der Waals surface area (Å²) in [6.45, 7) is 20.0. The van der Waals surface area contributed by atoms with E-state index in [1.165, 1.54) is 4.90 Å². The summed E-state index contributed by atoms with van der Waals surface area (Å²) in [7, 11) is 1.64. The molecule has 0 aromatic rings. The topological polar surface area (TPSA) is 346 Å². The fraction of sp³-hybridized carbons (Fsp3) is 0.885. The number of hydrogen-bond acceptors (Lipinski definition) is 29. The van der Waals surface area contributed by atoms with E-state index in [9.17, 15) is 24.0 Å². The van der Waals surface area contributed by atoms with Gasteiger partial charge in [0.15, 0.2) is 0 Å². The van der Waals surface area contributed by atoms with Crippen LogP contribution >= 0.6 is 0 Å². The molecule has 0 radical (unpaired) electrons. The quantitative estimate of drug-likeness (QED) is 0.0517. The van der Waals surface area contributed by atoms with Crippen molar-refractivity contribution in [3.63, 3.8) is 0 Å². The second-order valence-corrected chi connectivity index (χ2v) is 20.0. The van der Waals surface area contributed by atoms with Crippen LogP contribution in [-0.4, -0.2) is 387 Å². The van der Waals surface area contributed by atoms with Crippen molar-refractivity contribution >= 4 is 29.6 Å². The lowest BCUT2D eigenvalue weighted by Gasteiger charge is -2.49. The van der Waals surface area contributed by atoms with Gasteiger partial charge in [0.1, 0.15) is 12.2 Å². The highest BCUT2D eigenvalue weighted by molar-refractivity contribution is 6.13. The number of nitrogens with zero attached hydrogens (tertiary/aromatic N) is 2. The second kappa shape index (κ2) is 66.6. The van der Waals surface area contributed by atoms with Crippen LogP contribution in [0.5, 0.6) is 0 Å². The van der Waals surface area contributed by atoms with Gasteiger partial charge in [0.25, 0.3) is 11.8 Å². The van der Waals surface area contributed by atoms with Gasteiger partial charge in [-0.05, 0) is 0 Å². The maximum atomic E-state index is 12.7. The third-order valence-corrected chi connectivity index (χ3v) is 12.6. The van der Waals surface area contributed by atoms with E-state index in [1.807, 2.05) is 0 Å². The minimum Gasteiger partial charge on any atom is -0.480 e. The van der Waals surface area contributed by atoms with Crippen LogP contribution in [0.15, 0.2) is 12.2 Å². The molecule has 0 unspecified atom stereocenters. The molecule has 0 saturated carbocycles. The largest absolute Gasteiger partial charge is 0.480 e. The number of methoxy groups -OCH3 is 1. The van der Waals surface area contributed by atoms with Gasteiger partial charge in [0.2, 0.25) is 11.8 Å². The summed E-state index contributed by atoms with van der Waals surface area (Å²) in [4.78, 5) is 62.0. The molecule has 2 aliphatic rings. The molecule has 33 heteroatoms. The molecule has 1 saturated heterocycles. The van der Waals surface area contributed by atoms with Gasteiger partial charge >= 0.3 is 5.97 Å². The molecular weight excluding hydrogens is 1250 g/mol. The van der Waals surface area contributed by atoms with Crippen LogP contribution in [0.1, 0.15) is 12.8 Å². The number of carboxylic acid groups (broad SMARTS) is 1. The van der Waals surface area contributed by atoms with Crippen molar-refractivity contribution in [2.75, 3.05) is 337 Å². The second-order valence-electron chi connectivity index (χ2n) is 20.0. The molecule has 550 valence electrons. The number of likely N-dealkylation sites (tertiary alicyclic amines) is 1. The number of hydrogen-bond donors (Lipinski definition) is 2. The Bertz CT molecular complexity index is 1780. The first-order valence-electron chi connectivity index (χ1n) is 32.4. The van der Waals surface area contributed by atoms with Crippen molar-refractivity contribution in [2.45, 2.75) is 18.4 Å². The molecule has 2 aliphatic heterocycles. The minimum atomic E-state index is -1.19. The van der Waals surface area contributed by atoms with E-state index in [0.717, 1.165) is 17.1 Å². The van der Waals surface area contributed by atoms with E-state index in [0.29, 0.717) is 284 Å². The van der Waals surface area contributed by atoms with Crippen molar-refractivity contribution in [3.8, 4) is 0 Å². The highest BCUT2D eigenvalue weighted by atomic mass is 16.6. The van der Waals surface area contributed by atoms with Gasteiger partial charge in [-0.1, -0.05) is 0 Å². The van der Waals surface area contributed by atoms with Crippen LogP contribution < -0.4 is 5.32 Å². The van der Waals surface area contributed by atoms with Crippen LogP contribution in [-0.2, 0) is 138 Å². The standard InChI is InChI=1S/C61H111N3O30/c1-71-8-9-73-12-13-75-16-17-77-20-21-79-24-25-81-28-29-83-32-33-85-36-37-87-40-41-89-44-45-91-48-49-93-51-50-92-47-46-90-43-42-88-39-38-86-35-34-84-31-30-82-27-26-80-23-22-78-19-18-76-15-14-74-11-10-72-7-5-57(66)63-54-61(55-63,94-52-60(69)70)53-62-56(65)4-6-64-58(67)2-3-59(64)68/h2-3H,4-55H2,1H3,(H,62,65)(H,69,70). The molecule has 1 fully saturated rings. The maximum Gasteiger partial charge on any atom is 0.329 e. The number of nitrogens with one attached hydrogen (secondary N) is 1. The number of carbonyl (C=O) groups excluding carboxylic acids is 4. The first kappa shape index (κ1) is 86.4. The zero-order valence-corrected chi connectivity index (χ0v) is 55.6. The summed E-state index contributed by atoms with van der Waals surface area (Å²) in [5.41, 5.74) is -1.08. The van der Waals surface area contributed by atoms with Crippen molar-refractivity contribution < 1.29 is 143 Å². The number of rotatable bonds is 77. The zero-order chi connectivity index (χ0) is 67.4. The summed E-state index contributed by atoms with van der Waals surface area (Å²) in [6, 6.07) is 0. The Morgan fingerprint density at radius 3 is 0.809 bits per heavy atom. The average Bonchev–Trinajstić information content (AvgIpc) is 0.924. The van der Waals surface area contributed by atoms with E-state index in [4.69, 9.17) is 119 Å². The Balaban J connectivity index is 1.15. The normalized spacial score (nSPS) is 13.7. The molecule has 2 rings (SSSR count). The van der Waals surface area contributed by atoms with Gasteiger partial charge in [0, 0.05) is 32.2 Å². The molecule has 0 spiro atoms. The molecule has 2 heterocycles. The Hall–Kier alpha value is -3.67. The van der Waals surface area contributed by atoms with Crippen LogP contribution in [0.4, 0.5) is 0 Å². The third kappa shape index (κ3) is 55.3. The van der Waals surface area contributed by atoms with Gasteiger partial charge in [-0.3, -0.25) is 24.1 Å². The molecule has 4 amide bonds. The van der Waals surface area contributed by atoms with Gasteiger partial charge < -0.3 is 129 Å². The van der Waals surface area contributed by atoms with E-state index in [1.54, 1.807) is 7.11 Å². The van der Waals surface area contributed by atoms with Crippen LogP contribution in [0, 0.1) is 0 Å². The van der Waals surface area contributed by atoms with Crippen LogP contribution in [0.25, 0.3) is 0 Å². The predicted octanol–water partition coefficient (Wildman–Crippen LogP) is -1.50. The average molecular weight is 1370 g/mol. The SMILES string of the molecule is COCCOCCOCCOCCOCCOCCOCCOCCOCCOCCOCCOCCOCCOCCOCCOCCOCCOCCOCCOCCOCCOCCOCCC(=O)N1CC(CNC(=O)CCN2C(=O)C=CC2=O)(OCC(=O)O)C1. The van der Waals surface area contributed by atoms with E-state index >= 15 is 0 Å². The number of carboxylic acids is 1. The lowest BCUT2D eigenvalue weighted by atomic mass is 9.93. The monoisotopic (exact) mass is 1370 g/mol.